The van der Waals surface area contributed by atoms with Gasteiger partial charge in [0.2, 0.25) is 5.91 Å². The minimum atomic E-state index is -0.237. The van der Waals surface area contributed by atoms with Crippen LogP contribution in [0.1, 0.15) is 22.5 Å². The van der Waals surface area contributed by atoms with Crippen LogP contribution in [0.2, 0.25) is 0 Å². The van der Waals surface area contributed by atoms with Gasteiger partial charge < -0.3 is 10.6 Å². The molecule has 2 rings (SSSR count). The Bertz CT molecular complexity index is 600. The van der Waals surface area contributed by atoms with E-state index in [1.165, 1.54) is 0 Å². The first-order valence-electron chi connectivity index (χ1n) is 7.25. The highest BCUT2D eigenvalue weighted by Gasteiger charge is 2.05. The summed E-state index contributed by atoms with van der Waals surface area (Å²) >= 11 is 0. The van der Waals surface area contributed by atoms with Crippen LogP contribution in [0.25, 0.3) is 0 Å². The quantitative estimate of drug-likeness (QED) is 0.762. The number of hydrogen-bond donors (Lipinski definition) is 2. The fraction of sp³-hybridized carbons (Fsp3) is 0.235. The van der Waals surface area contributed by atoms with E-state index in [0.29, 0.717) is 31.6 Å². The number of nitrogens with zero attached hydrogens (tertiary/aromatic N) is 1. The average Bonchev–Trinajstić information content (AvgIpc) is 2.58. The molecular weight excluding hydrogens is 278 g/mol. The van der Waals surface area contributed by atoms with Crippen LogP contribution in [-0.2, 0) is 11.2 Å². The van der Waals surface area contributed by atoms with Gasteiger partial charge in [-0.2, -0.15) is 0 Å². The Morgan fingerprint density at radius 1 is 0.909 bits per heavy atom. The summed E-state index contributed by atoms with van der Waals surface area (Å²) in [6, 6.07) is 15.0. The molecule has 0 aliphatic heterocycles. The SMILES string of the molecule is O=C(CCc1ccccc1)NCCNC(=O)c1ccccn1. The molecule has 2 amide bonds. The van der Waals surface area contributed by atoms with Crippen LogP contribution < -0.4 is 10.6 Å². The van der Waals surface area contributed by atoms with Crippen LogP contribution in [-0.4, -0.2) is 29.9 Å². The van der Waals surface area contributed by atoms with Crippen molar-refractivity contribution in [2.75, 3.05) is 13.1 Å². The normalized spacial score (nSPS) is 10.0. The zero-order chi connectivity index (χ0) is 15.6. The first-order valence-corrected chi connectivity index (χ1v) is 7.25. The summed E-state index contributed by atoms with van der Waals surface area (Å²) < 4.78 is 0. The molecule has 5 nitrogen and oxygen atoms in total. The summed E-state index contributed by atoms with van der Waals surface area (Å²) in [6.07, 6.45) is 2.73. The summed E-state index contributed by atoms with van der Waals surface area (Å²) in [5.74, 6) is -0.255. The fourth-order valence-electron chi connectivity index (χ4n) is 1.96. The van der Waals surface area contributed by atoms with E-state index in [0.717, 1.165) is 5.56 Å². The Morgan fingerprint density at radius 3 is 2.36 bits per heavy atom. The molecule has 0 saturated carbocycles. The molecule has 0 unspecified atom stereocenters. The second kappa shape index (κ2) is 8.56. The van der Waals surface area contributed by atoms with Gasteiger partial charge in [0.1, 0.15) is 5.69 Å². The predicted molar refractivity (Wildman–Crippen MR) is 84.3 cm³/mol. The van der Waals surface area contributed by atoms with Gasteiger partial charge in [-0.15, -0.1) is 0 Å². The maximum Gasteiger partial charge on any atom is 0.269 e. The van der Waals surface area contributed by atoms with Crippen molar-refractivity contribution in [3.8, 4) is 0 Å². The van der Waals surface area contributed by atoms with Gasteiger partial charge in [0.25, 0.3) is 5.91 Å². The zero-order valence-corrected chi connectivity index (χ0v) is 12.3. The molecule has 0 radical (unpaired) electrons. The van der Waals surface area contributed by atoms with Crippen LogP contribution in [0.5, 0.6) is 0 Å². The highest BCUT2D eigenvalue weighted by Crippen LogP contribution is 2.01. The number of nitrogens with one attached hydrogen (secondary N) is 2. The fourth-order valence-corrected chi connectivity index (χ4v) is 1.96. The molecule has 0 saturated heterocycles. The first kappa shape index (κ1) is 15.7. The number of carbonyl (C=O) groups is 2. The first-order chi connectivity index (χ1) is 10.8. The predicted octanol–water partition coefficient (Wildman–Crippen LogP) is 1.56. The molecular formula is C17H19N3O2. The highest BCUT2D eigenvalue weighted by molar-refractivity contribution is 5.92. The number of carbonyl (C=O) groups excluding carboxylic acids is 2. The molecule has 0 atom stereocenters. The lowest BCUT2D eigenvalue weighted by Crippen LogP contribution is -2.35. The van der Waals surface area contributed by atoms with Gasteiger partial charge in [-0.3, -0.25) is 14.6 Å². The molecule has 1 aromatic heterocycles. The molecule has 0 aliphatic rings. The van der Waals surface area contributed by atoms with Gasteiger partial charge in [0, 0.05) is 25.7 Å². The summed E-state index contributed by atoms with van der Waals surface area (Å²) in [5, 5.41) is 5.50. The smallest absolute Gasteiger partial charge is 0.269 e. The van der Waals surface area contributed by atoms with E-state index in [4.69, 9.17) is 0 Å². The number of rotatable bonds is 7. The maximum atomic E-state index is 11.7. The standard InChI is InChI=1S/C17H19N3O2/c21-16(10-9-14-6-2-1-3-7-14)19-12-13-20-17(22)15-8-4-5-11-18-15/h1-8,11H,9-10,12-13H2,(H,19,21)(H,20,22). The molecule has 22 heavy (non-hydrogen) atoms. The van der Waals surface area contributed by atoms with Gasteiger partial charge >= 0.3 is 0 Å². The van der Waals surface area contributed by atoms with Crippen molar-refractivity contribution in [3.05, 3.63) is 66.0 Å². The van der Waals surface area contributed by atoms with Crippen molar-refractivity contribution in [3.63, 3.8) is 0 Å². The van der Waals surface area contributed by atoms with E-state index in [2.05, 4.69) is 15.6 Å². The lowest BCUT2D eigenvalue weighted by atomic mass is 10.1. The lowest BCUT2D eigenvalue weighted by Gasteiger charge is -2.07. The van der Waals surface area contributed by atoms with Crippen molar-refractivity contribution < 1.29 is 9.59 Å². The van der Waals surface area contributed by atoms with Crippen molar-refractivity contribution in [1.82, 2.24) is 15.6 Å². The monoisotopic (exact) mass is 297 g/mol. The van der Waals surface area contributed by atoms with Crippen LogP contribution >= 0.6 is 0 Å². The summed E-state index contributed by atoms with van der Waals surface area (Å²) in [4.78, 5) is 27.4. The number of benzene rings is 1. The van der Waals surface area contributed by atoms with Crippen molar-refractivity contribution in [2.45, 2.75) is 12.8 Å². The van der Waals surface area contributed by atoms with Crippen LogP contribution in [0.3, 0.4) is 0 Å². The number of amides is 2. The molecule has 0 aliphatic carbocycles. The molecule has 2 aromatic rings. The minimum Gasteiger partial charge on any atom is -0.354 e. The van der Waals surface area contributed by atoms with E-state index in [1.54, 1.807) is 24.4 Å². The van der Waals surface area contributed by atoms with Gasteiger partial charge in [-0.05, 0) is 24.1 Å². The Labute approximate surface area is 129 Å². The Kier molecular flexibility index (Phi) is 6.11. The average molecular weight is 297 g/mol. The van der Waals surface area contributed by atoms with E-state index in [1.807, 2.05) is 30.3 Å². The van der Waals surface area contributed by atoms with E-state index in [9.17, 15) is 9.59 Å². The largest absolute Gasteiger partial charge is 0.354 e. The van der Waals surface area contributed by atoms with Gasteiger partial charge in [-0.1, -0.05) is 36.4 Å². The maximum absolute atomic E-state index is 11.7. The zero-order valence-electron chi connectivity index (χ0n) is 12.3. The number of hydrogen-bond acceptors (Lipinski definition) is 3. The van der Waals surface area contributed by atoms with Crippen LogP contribution in [0.15, 0.2) is 54.7 Å². The molecule has 0 spiro atoms. The summed E-state index contributed by atoms with van der Waals surface area (Å²) in [5.41, 5.74) is 1.51. The van der Waals surface area contributed by atoms with Crippen molar-refractivity contribution in [2.24, 2.45) is 0 Å². The van der Waals surface area contributed by atoms with Gasteiger partial charge in [0.05, 0.1) is 0 Å². The van der Waals surface area contributed by atoms with Crippen LogP contribution in [0.4, 0.5) is 0 Å². The van der Waals surface area contributed by atoms with Gasteiger partial charge in [-0.25, -0.2) is 0 Å². The Morgan fingerprint density at radius 2 is 1.64 bits per heavy atom. The topological polar surface area (TPSA) is 71.1 Å². The highest BCUT2D eigenvalue weighted by atomic mass is 16.2. The van der Waals surface area contributed by atoms with Crippen molar-refractivity contribution in [1.29, 1.82) is 0 Å². The second-order valence-electron chi connectivity index (χ2n) is 4.81. The van der Waals surface area contributed by atoms with Crippen LogP contribution in [0, 0.1) is 0 Å². The third-order valence-corrected chi connectivity index (χ3v) is 3.11. The third kappa shape index (κ3) is 5.36. The molecule has 2 N–H and O–H groups in total. The number of aromatic nitrogens is 1. The second-order valence-corrected chi connectivity index (χ2v) is 4.81. The number of pyridine rings is 1. The van der Waals surface area contributed by atoms with Gasteiger partial charge in [0.15, 0.2) is 0 Å². The third-order valence-electron chi connectivity index (χ3n) is 3.11. The number of aryl methyl sites for hydroxylation is 1. The van der Waals surface area contributed by atoms with E-state index >= 15 is 0 Å². The van der Waals surface area contributed by atoms with Crippen molar-refractivity contribution >= 4 is 11.8 Å². The van der Waals surface area contributed by atoms with E-state index < -0.39 is 0 Å². The molecule has 1 aromatic carbocycles. The minimum absolute atomic E-state index is 0.0176. The Hall–Kier alpha value is -2.69. The molecule has 114 valence electrons. The summed E-state index contributed by atoms with van der Waals surface area (Å²) in [7, 11) is 0. The molecule has 5 heteroatoms. The summed E-state index contributed by atoms with van der Waals surface area (Å²) in [6.45, 7) is 0.790. The lowest BCUT2D eigenvalue weighted by molar-refractivity contribution is -0.121. The molecule has 1 heterocycles. The molecule has 0 fully saturated rings. The van der Waals surface area contributed by atoms with E-state index in [-0.39, 0.29) is 11.8 Å². The molecule has 0 bridgehead atoms. The Balaban J connectivity index is 1.60.